The van der Waals surface area contributed by atoms with E-state index >= 15 is 0 Å². The van der Waals surface area contributed by atoms with Gasteiger partial charge in [0.25, 0.3) is 0 Å². The molecule has 2 aromatic carbocycles. The van der Waals surface area contributed by atoms with E-state index in [1.165, 1.54) is 12.1 Å². The quantitative estimate of drug-likeness (QED) is 0.680. The largest absolute Gasteiger partial charge is 0.497 e. The molecule has 0 radical (unpaired) electrons. The van der Waals surface area contributed by atoms with E-state index < -0.39 is 21.5 Å². The number of rotatable bonds is 7. The summed E-state index contributed by atoms with van der Waals surface area (Å²) in [5.41, 5.74) is 1.27. The number of ether oxygens (including phenoxy) is 2. The summed E-state index contributed by atoms with van der Waals surface area (Å²) in [5, 5.41) is 0.272. The van der Waals surface area contributed by atoms with E-state index in [9.17, 15) is 8.60 Å². The van der Waals surface area contributed by atoms with Crippen LogP contribution in [0, 0.1) is 5.82 Å². The first-order valence-electron chi connectivity index (χ1n) is 8.54. The van der Waals surface area contributed by atoms with Crippen LogP contribution in [0.4, 0.5) is 4.39 Å². The minimum Gasteiger partial charge on any atom is -0.497 e. The molecule has 0 amide bonds. The summed E-state index contributed by atoms with van der Waals surface area (Å²) in [6.45, 7) is 7.60. The number of halogens is 2. The molecule has 0 saturated heterocycles. The Hall–Kier alpha value is -1.63. The Labute approximate surface area is 167 Å². The van der Waals surface area contributed by atoms with Crippen molar-refractivity contribution >= 4 is 22.6 Å². The molecule has 0 saturated carbocycles. The summed E-state index contributed by atoms with van der Waals surface area (Å²) >= 11 is 6.28. The molecular weight excluding hydrogens is 389 g/mol. The van der Waals surface area contributed by atoms with Crippen LogP contribution in [0.5, 0.6) is 11.5 Å². The number of methoxy groups -OCH3 is 1. The Kier molecular flexibility index (Phi) is 7.25. The van der Waals surface area contributed by atoms with E-state index in [2.05, 4.69) is 4.72 Å². The predicted octanol–water partition coefficient (Wildman–Crippen LogP) is 5.18. The first-order valence-corrected chi connectivity index (χ1v) is 10.1. The summed E-state index contributed by atoms with van der Waals surface area (Å²) in [4.78, 5) is 0. The molecular formula is C20H25ClFNO3S. The lowest BCUT2D eigenvalue weighted by Gasteiger charge is -2.24. The third-order valence-corrected chi connectivity index (χ3v) is 5.96. The molecule has 27 heavy (non-hydrogen) atoms. The third-order valence-electron chi connectivity index (χ3n) is 3.94. The first kappa shape index (κ1) is 21.7. The van der Waals surface area contributed by atoms with Gasteiger partial charge in [0.15, 0.2) is 0 Å². The Morgan fingerprint density at radius 2 is 1.78 bits per heavy atom. The average molecular weight is 414 g/mol. The van der Waals surface area contributed by atoms with Gasteiger partial charge in [-0.15, -0.1) is 0 Å². The van der Waals surface area contributed by atoms with Crippen LogP contribution in [0.25, 0.3) is 0 Å². The molecule has 2 aromatic rings. The second-order valence-electron chi connectivity index (χ2n) is 7.14. The third kappa shape index (κ3) is 5.92. The fourth-order valence-electron chi connectivity index (χ4n) is 2.39. The Bertz CT molecular complexity index is 806. The van der Waals surface area contributed by atoms with Crippen molar-refractivity contribution in [1.82, 2.24) is 4.72 Å². The van der Waals surface area contributed by atoms with Crippen molar-refractivity contribution < 1.29 is 18.1 Å². The lowest BCUT2D eigenvalue weighted by molar-refractivity contribution is 0.303. The molecule has 0 aliphatic carbocycles. The van der Waals surface area contributed by atoms with Crippen LogP contribution in [0.3, 0.4) is 0 Å². The molecule has 0 aliphatic heterocycles. The van der Waals surface area contributed by atoms with E-state index in [4.69, 9.17) is 21.1 Å². The lowest BCUT2D eigenvalue weighted by Crippen LogP contribution is -2.35. The zero-order chi connectivity index (χ0) is 20.2. The molecule has 0 spiro atoms. The molecule has 0 aromatic heterocycles. The highest BCUT2D eigenvalue weighted by atomic mass is 35.5. The van der Waals surface area contributed by atoms with E-state index in [1.54, 1.807) is 31.4 Å². The lowest BCUT2D eigenvalue weighted by atomic mass is 10.0. The summed E-state index contributed by atoms with van der Waals surface area (Å²) in [6.07, 6.45) is 0. The van der Waals surface area contributed by atoms with Gasteiger partial charge < -0.3 is 9.47 Å². The van der Waals surface area contributed by atoms with Gasteiger partial charge in [-0.2, -0.15) is 0 Å². The maximum Gasteiger partial charge on any atom is 0.125 e. The first-order chi connectivity index (χ1) is 12.6. The van der Waals surface area contributed by atoms with Gasteiger partial charge in [-0.25, -0.2) is 13.3 Å². The molecule has 0 fully saturated rings. The maximum absolute atomic E-state index is 13.9. The molecule has 7 heteroatoms. The van der Waals surface area contributed by atoms with Gasteiger partial charge in [-0.05, 0) is 69.7 Å². The molecule has 2 atom stereocenters. The summed E-state index contributed by atoms with van der Waals surface area (Å²) in [7, 11) is 0.290. The van der Waals surface area contributed by atoms with Crippen molar-refractivity contribution in [2.45, 2.75) is 45.1 Å². The van der Waals surface area contributed by atoms with Gasteiger partial charge >= 0.3 is 0 Å². The maximum atomic E-state index is 13.9. The molecule has 2 rings (SSSR count). The molecule has 0 aliphatic rings. The number of hydrogen-bond acceptors (Lipinski definition) is 3. The monoisotopic (exact) mass is 413 g/mol. The highest BCUT2D eigenvalue weighted by molar-refractivity contribution is 7.84. The molecule has 0 bridgehead atoms. The van der Waals surface area contributed by atoms with Crippen molar-refractivity contribution in [3.63, 3.8) is 0 Å². The highest BCUT2D eigenvalue weighted by Gasteiger charge is 2.24. The van der Waals surface area contributed by atoms with Crippen LogP contribution in [-0.2, 0) is 17.6 Å². The van der Waals surface area contributed by atoms with Crippen molar-refractivity contribution in [3.8, 4) is 11.5 Å². The second kappa shape index (κ2) is 9.04. The second-order valence-corrected chi connectivity index (χ2v) is 9.55. The van der Waals surface area contributed by atoms with Crippen molar-refractivity contribution in [2.75, 3.05) is 7.11 Å². The van der Waals surface area contributed by atoms with Gasteiger partial charge in [0, 0.05) is 11.6 Å². The Morgan fingerprint density at radius 3 is 2.33 bits per heavy atom. The molecule has 0 heterocycles. The molecule has 1 N–H and O–H groups in total. The van der Waals surface area contributed by atoms with Crippen LogP contribution in [0.1, 0.15) is 44.9 Å². The van der Waals surface area contributed by atoms with Gasteiger partial charge in [0.1, 0.15) is 23.9 Å². The number of benzene rings is 2. The van der Waals surface area contributed by atoms with E-state index in [0.29, 0.717) is 16.9 Å². The minimum atomic E-state index is -1.30. The van der Waals surface area contributed by atoms with Crippen LogP contribution >= 0.6 is 11.6 Å². The Balaban J connectivity index is 2.23. The van der Waals surface area contributed by atoms with E-state index in [-0.39, 0.29) is 17.7 Å². The molecule has 4 nitrogen and oxygen atoms in total. The van der Waals surface area contributed by atoms with Gasteiger partial charge in [0.05, 0.1) is 27.9 Å². The van der Waals surface area contributed by atoms with E-state index in [1.807, 2.05) is 27.7 Å². The normalized spacial score (nSPS) is 13.9. The molecule has 1 unspecified atom stereocenters. The zero-order valence-corrected chi connectivity index (χ0v) is 17.7. The van der Waals surface area contributed by atoms with Crippen molar-refractivity contribution in [3.05, 3.63) is 58.4 Å². The van der Waals surface area contributed by atoms with Crippen LogP contribution in [0.15, 0.2) is 36.4 Å². The van der Waals surface area contributed by atoms with Crippen LogP contribution in [0.2, 0.25) is 5.02 Å². The van der Waals surface area contributed by atoms with Crippen molar-refractivity contribution in [1.29, 1.82) is 0 Å². The van der Waals surface area contributed by atoms with Crippen molar-refractivity contribution in [2.24, 2.45) is 0 Å². The summed E-state index contributed by atoms with van der Waals surface area (Å²) < 4.78 is 39.9. The number of hydrogen-bond donors (Lipinski definition) is 1. The smallest absolute Gasteiger partial charge is 0.125 e. The van der Waals surface area contributed by atoms with Gasteiger partial charge in [-0.1, -0.05) is 11.6 Å². The molecule has 148 valence electrons. The zero-order valence-electron chi connectivity index (χ0n) is 16.1. The average Bonchev–Trinajstić information content (AvgIpc) is 2.60. The predicted molar refractivity (Wildman–Crippen MR) is 108 cm³/mol. The fraction of sp³-hybridized carbons (Fsp3) is 0.400. The van der Waals surface area contributed by atoms with E-state index in [0.717, 1.165) is 5.75 Å². The highest BCUT2D eigenvalue weighted by Crippen LogP contribution is 2.29. The minimum absolute atomic E-state index is 0.162. The van der Waals surface area contributed by atoms with Gasteiger partial charge in [-0.3, -0.25) is 0 Å². The number of nitrogens with one attached hydrogen (secondary N) is 1. The topological polar surface area (TPSA) is 47.6 Å². The summed E-state index contributed by atoms with van der Waals surface area (Å²) in [5.74, 6) is 0.921. The fourth-order valence-corrected chi connectivity index (χ4v) is 3.46. The SMILES string of the molecule is COc1ccc(OCc2c(Cl)cc(F)cc2[C@H](C)NS(=O)C(C)(C)C)cc1. The van der Waals surface area contributed by atoms with Gasteiger partial charge in [0.2, 0.25) is 0 Å². The van der Waals surface area contributed by atoms with Crippen LogP contribution < -0.4 is 14.2 Å². The standard InChI is InChI=1S/C20H25ClFNO3S/c1-13(23-27(24)20(2,3)4)17-10-14(22)11-19(21)18(17)12-26-16-8-6-15(25-5)7-9-16/h6-11,13,23H,12H2,1-5H3/t13-,27?/m0/s1. The summed E-state index contributed by atoms with van der Waals surface area (Å²) in [6, 6.07) is 9.44. The Morgan fingerprint density at radius 1 is 1.19 bits per heavy atom. The van der Waals surface area contributed by atoms with Crippen LogP contribution in [-0.4, -0.2) is 16.1 Å².